The van der Waals surface area contributed by atoms with Crippen molar-refractivity contribution >= 4 is 0 Å². The molecule has 0 aromatic heterocycles. The number of benzene rings is 1. The van der Waals surface area contributed by atoms with Gasteiger partial charge in [-0.1, -0.05) is 32.9 Å². The summed E-state index contributed by atoms with van der Waals surface area (Å²) in [7, 11) is 1.81. The van der Waals surface area contributed by atoms with Crippen LogP contribution in [0.5, 0.6) is 0 Å². The average Bonchev–Trinajstić information content (AvgIpc) is 2.47. The molecule has 1 aliphatic carbocycles. The Morgan fingerprint density at radius 3 is 2.19 bits per heavy atom. The first-order valence-corrected chi connectivity index (χ1v) is 7.96. The van der Waals surface area contributed by atoms with Crippen LogP contribution in [-0.4, -0.2) is 19.3 Å². The summed E-state index contributed by atoms with van der Waals surface area (Å²) in [4.78, 5) is 0. The van der Waals surface area contributed by atoms with E-state index in [2.05, 4.69) is 26.1 Å². The summed E-state index contributed by atoms with van der Waals surface area (Å²) in [5, 5.41) is 3.56. The first-order valence-electron chi connectivity index (χ1n) is 7.96. The lowest BCUT2D eigenvalue weighted by atomic mass is 9.67. The number of ether oxygens (including phenoxy) is 1. The van der Waals surface area contributed by atoms with E-state index in [0.29, 0.717) is 5.41 Å². The third-order valence-electron chi connectivity index (χ3n) is 4.99. The maximum Gasteiger partial charge on any atom is 0.123 e. The second kappa shape index (κ2) is 6.45. The molecule has 0 bridgehead atoms. The van der Waals surface area contributed by atoms with Gasteiger partial charge in [0.1, 0.15) is 5.82 Å². The molecule has 2 nitrogen and oxygen atoms in total. The van der Waals surface area contributed by atoms with Crippen LogP contribution in [0.3, 0.4) is 0 Å². The highest BCUT2D eigenvalue weighted by Gasteiger charge is 2.44. The van der Waals surface area contributed by atoms with Crippen LogP contribution < -0.4 is 5.32 Å². The molecule has 0 saturated heterocycles. The summed E-state index contributed by atoms with van der Waals surface area (Å²) in [6, 6.07) is 6.95. The normalized spacial score (nSPS) is 22.0. The summed E-state index contributed by atoms with van der Waals surface area (Å²) in [5.74, 6) is -0.190. The van der Waals surface area contributed by atoms with Crippen molar-refractivity contribution in [2.24, 2.45) is 5.41 Å². The van der Waals surface area contributed by atoms with Gasteiger partial charge in [0.2, 0.25) is 0 Å². The molecule has 21 heavy (non-hydrogen) atoms. The first-order chi connectivity index (χ1) is 9.92. The summed E-state index contributed by atoms with van der Waals surface area (Å²) >= 11 is 0. The smallest absolute Gasteiger partial charge is 0.123 e. The minimum atomic E-state index is -0.191. The van der Waals surface area contributed by atoms with Crippen LogP contribution in [0, 0.1) is 11.2 Å². The molecule has 0 radical (unpaired) electrons. The van der Waals surface area contributed by atoms with Crippen LogP contribution in [0.25, 0.3) is 0 Å². The van der Waals surface area contributed by atoms with Gasteiger partial charge in [0.05, 0.1) is 11.6 Å². The van der Waals surface area contributed by atoms with Gasteiger partial charge in [-0.2, -0.15) is 0 Å². The highest BCUT2D eigenvalue weighted by molar-refractivity contribution is 5.24. The van der Waals surface area contributed by atoms with Crippen LogP contribution in [0.4, 0.5) is 4.39 Å². The third-order valence-corrected chi connectivity index (χ3v) is 4.99. The van der Waals surface area contributed by atoms with Crippen LogP contribution in [0.2, 0.25) is 0 Å². The van der Waals surface area contributed by atoms with E-state index in [1.165, 1.54) is 12.1 Å². The Morgan fingerprint density at radius 1 is 1.14 bits per heavy atom. The van der Waals surface area contributed by atoms with Gasteiger partial charge in [-0.25, -0.2) is 4.39 Å². The largest absolute Gasteiger partial charge is 0.376 e. The number of halogens is 1. The molecule has 1 unspecified atom stereocenters. The molecule has 1 N–H and O–H groups in total. The molecule has 1 atom stereocenters. The third kappa shape index (κ3) is 3.64. The summed E-state index contributed by atoms with van der Waals surface area (Å²) in [5.41, 5.74) is 1.31. The number of hydrogen-bond donors (Lipinski definition) is 1. The van der Waals surface area contributed by atoms with Crippen molar-refractivity contribution < 1.29 is 9.13 Å². The van der Waals surface area contributed by atoms with Crippen molar-refractivity contribution in [3.8, 4) is 0 Å². The maximum absolute atomic E-state index is 13.2. The molecular formula is C18H28FNO. The minimum absolute atomic E-state index is 0.115. The monoisotopic (exact) mass is 293 g/mol. The average molecular weight is 293 g/mol. The molecule has 3 heteroatoms. The molecule has 2 rings (SSSR count). The first kappa shape index (κ1) is 16.4. The fourth-order valence-electron chi connectivity index (χ4n) is 3.43. The predicted octanol–water partition coefficient (Wildman–Crippen LogP) is 4.46. The summed E-state index contributed by atoms with van der Waals surface area (Å²) in [6.45, 7) is 7.63. The zero-order chi connectivity index (χ0) is 15.5. The molecule has 0 amide bonds. The zero-order valence-corrected chi connectivity index (χ0v) is 13.7. The van der Waals surface area contributed by atoms with Gasteiger partial charge in [-0.15, -0.1) is 0 Å². The standard InChI is InChI=1S/C18H28FNO/c1-5-20-16(14-6-8-15(19)9-7-14)18(21-4)12-10-17(2,3)11-13-18/h6-9,16,20H,5,10-13H2,1-4H3. The second-order valence-electron chi connectivity index (χ2n) is 6.98. The second-order valence-corrected chi connectivity index (χ2v) is 6.98. The Bertz CT molecular complexity index is 445. The molecule has 1 saturated carbocycles. The fraction of sp³-hybridized carbons (Fsp3) is 0.667. The summed E-state index contributed by atoms with van der Waals surface area (Å²) < 4.78 is 19.2. The van der Waals surface area contributed by atoms with Gasteiger partial charge in [-0.05, 0) is 55.3 Å². The van der Waals surface area contributed by atoms with E-state index in [-0.39, 0.29) is 17.5 Å². The molecule has 1 aromatic carbocycles. The van der Waals surface area contributed by atoms with E-state index in [9.17, 15) is 4.39 Å². The van der Waals surface area contributed by atoms with Gasteiger partial charge < -0.3 is 10.1 Å². The van der Waals surface area contributed by atoms with Crippen molar-refractivity contribution in [2.45, 2.75) is 58.1 Å². The number of hydrogen-bond acceptors (Lipinski definition) is 2. The van der Waals surface area contributed by atoms with Crippen LogP contribution in [0.15, 0.2) is 24.3 Å². The maximum atomic E-state index is 13.2. The number of nitrogens with one attached hydrogen (secondary N) is 1. The van der Waals surface area contributed by atoms with E-state index in [1.54, 1.807) is 0 Å². The van der Waals surface area contributed by atoms with Gasteiger partial charge in [-0.3, -0.25) is 0 Å². The molecule has 118 valence electrons. The van der Waals surface area contributed by atoms with E-state index >= 15 is 0 Å². The molecule has 1 aliphatic rings. The molecule has 1 aromatic rings. The Hall–Kier alpha value is -0.930. The quantitative estimate of drug-likeness (QED) is 0.865. The van der Waals surface area contributed by atoms with Crippen molar-refractivity contribution in [1.82, 2.24) is 5.32 Å². The number of likely N-dealkylation sites (N-methyl/N-ethyl adjacent to an activating group) is 1. The Balaban J connectivity index is 2.28. The lowest BCUT2D eigenvalue weighted by molar-refractivity contribution is -0.0873. The van der Waals surface area contributed by atoms with Gasteiger partial charge in [0, 0.05) is 7.11 Å². The van der Waals surface area contributed by atoms with Crippen LogP contribution >= 0.6 is 0 Å². The summed E-state index contributed by atoms with van der Waals surface area (Å²) in [6.07, 6.45) is 4.38. The lowest BCUT2D eigenvalue weighted by Gasteiger charge is -2.47. The lowest BCUT2D eigenvalue weighted by Crippen LogP contribution is -2.49. The number of rotatable bonds is 5. The van der Waals surface area contributed by atoms with Crippen molar-refractivity contribution in [2.75, 3.05) is 13.7 Å². The van der Waals surface area contributed by atoms with Crippen molar-refractivity contribution in [1.29, 1.82) is 0 Å². The van der Waals surface area contributed by atoms with E-state index in [1.807, 2.05) is 19.2 Å². The SMILES string of the molecule is CCNC(c1ccc(F)cc1)C1(OC)CCC(C)(C)CC1. The number of methoxy groups -OCH3 is 1. The van der Waals surface area contributed by atoms with E-state index in [0.717, 1.165) is 37.8 Å². The topological polar surface area (TPSA) is 21.3 Å². The fourth-order valence-corrected chi connectivity index (χ4v) is 3.43. The van der Waals surface area contributed by atoms with Crippen molar-refractivity contribution in [3.05, 3.63) is 35.6 Å². The molecule has 0 heterocycles. The van der Waals surface area contributed by atoms with Crippen LogP contribution in [0.1, 0.15) is 58.1 Å². The highest BCUT2D eigenvalue weighted by atomic mass is 19.1. The van der Waals surface area contributed by atoms with Gasteiger partial charge in [0.25, 0.3) is 0 Å². The molecular weight excluding hydrogens is 265 g/mol. The Labute approximate surface area is 128 Å². The Morgan fingerprint density at radius 2 is 1.71 bits per heavy atom. The van der Waals surface area contributed by atoms with E-state index < -0.39 is 0 Å². The minimum Gasteiger partial charge on any atom is -0.376 e. The molecule has 0 spiro atoms. The molecule has 1 fully saturated rings. The molecule has 0 aliphatic heterocycles. The zero-order valence-electron chi connectivity index (χ0n) is 13.7. The van der Waals surface area contributed by atoms with E-state index in [4.69, 9.17) is 4.74 Å². The van der Waals surface area contributed by atoms with Gasteiger partial charge >= 0.3 is 0 Å². The van der Waals surface area contributed by atoms with Crippen LogP contribution in [-0.2, 0) is 4.74 Å². The predicted molar refractivity (Wildman–Crippen MR) is 84.8 cm³/mol. The van der Waals surface area contributed by atoms with Gasteiger partial charge in [0.15, 0.2) is 0 Å². The Kier molecular flexibility index (Phi) is 5.05. The van der Waals surface area contributed by atoms with Crippen molar-refractivity contribution in [3.63, 3.8) is 0 Å². The highest BCUT2D eigenvalue weighted by Crippen LogP contribution is 2.47.